The summed E-state index contributed by atoms with van der Waals surface area (Å²) < 4.78 is 2.09. The van der Waals surface area contributed by atoms with E-state index in [2.05, 4.69) is 48.0 Å². The summed E-state index contributed by atoms with van der Waals surface area (Å²) in [5.74, 6) is 0.605. The number of aryl methyl sites for hydroxylation is 1. The summed E-state index contributed by atoms with van der Waals surface area (Å²) in [4.78, 5) is 17.2. The maximum absolute atomic E-state index is 12.9. The van der Waals surface area contributed by atoms with E-state index in [0.717, 1.165) is 12.8 Å². The minimum Gasteiger partial charge on any atom is -0.324 e. The van der Waals surface area contributed by atoms with Gasteiger partial charge in [0.1, 0.15) is 0 Å². The van der Waals surface area contributed by atoms with Gasteiger partial charge in [0.15, 0.2) is 0 Å². The quantitative estimate of drug-likeness (QED) is 0.859. The Bertz CT molecular complexity index is 896. The summed E-state index contributed by atoms with van der Waals surface area (Å²) >= 11 is 0. The lowest BCUT2D eigenvalue weighted by atomic mass is 9.74. The molecule has 2 aliphatic rings. The van der Waals surface area contributed by atoms with Crippen LogP contribution in [0.2, 0.25) is 0 Å². The Morgan fingerprint density at radius 3 is 2.68 bits per heavy atom. The molecule has 1 aliphatic carbocycles. The number of rotatable bonds is 4. The van der Waals surface area contributed by atoms with Crippen molar-refractivity contribution in [3.05, 3.63) is 34.5 Å². The van der Waals surface area contributed by atoms with Gasteiger partial charge in [0.05, 0.1) is 5.52 Å². The summed E-state index contributed by atoms with van der Waals surface area (Å²) in [7, 11) is 2.27. The Kier molecular flexibility index (Phi) is 5.13. The maximum Gasteiger partial charge on any atom is 0.336 e. The average molecular weight is 383 g/mol. The first-order valence-corrected chi connectivity index (χ1v) is 10.9. The van der Waals surface area contributed by atoms with Crippen LogP contribution in [-0.2, 0) is 12.8 Å². The number of hydrogen-bond donors (Lipinski definition) is 1. The number of likely N-dealkylation sites (N-methyl/N-ethyl adjacent to an activating group) is 1. The highest BCUT2D eigenvalue weighted by Crippen LogP contribution is 2.45. The van der Waals surface area contributed by atoms with Gasteiger partial charge in [-0.15, -0.1) is 0 Å². The number of nitrogens with zero attached hydrogens (tertiary/aromatic N) is 3. The van der Waals surface area contributed by atoms with Crippen LogP contribution in [0.3, 0.4) is 0 Å². The van der Waals surface area contributed by atoms with Gasteiger partial charge in [-0.25, -0.2) is 10.2 Å². The van der Waals surface area contributed by atoms with E-state index < -0.39 is 0 Å². The number of piperidine rings is 1. The molecule has 0 radical (unpaired) electrons. The van der Waals surface area contributed by atoms with Crippen molar-refractivity contribution < 1.29 is 4.79 Å². The predicted molar refractivity (Wildman–Crippen MR) is 116 cm³/mol. The number of likely N-dealkylation sites (tertiary alicyclic amines) is 1. The molecule has 28 heavy (non-hydrogen) atoms. The SMILES string of the molecule is CCc1ccc2c3c(c(C)n(NC(=O)N(CC)CC)c13)C[C@@H]1[C@@H]2CCCN1C. The van der Waals surface area contributed by atoms with Gasteiger partial charge in [0, 0.05) is 36.1 Å². The molecule has 1 saturated heterocycles. The summed E-state index contributed by atoms with van der Waals surface area (Å²) in [6.45, 7) is 11.0. The van der Waals surface area contributed by atoms with E-state index in [9.17, 15) is 4.79 Å². The lowest BCUT2D eigenvalue weighted by molar-refractivity contribution is 0.157. The molecule has 1 aliphatic heterocycles. The van der Waals surface area contributed by atoms with Crippen LogP contribution < -0.4 is 5.43 Å². The molecule has 2 aromatic rings. The van der Waals surface area contributed by atoms with Crippen molar-refractivity contribution in [2.24, 2.45) is 0 Å². The van der Waals surface area contributed by atoms with E-state index in [0.29, 0.717) is 25.0 Å². The number of fused-ring (bicyclic) bond motifs is 2. The molecule has 2 atom stereocenters. The van der Waals surface area contributed by atoms with Gasteiger partial charge in [-0.3, -0.25) is 4.68 Å². The molecule has 152 valence electrons. The predicted octanol–water partition coefficient (Wildman–Crippen LogP) is 4.25. The topological polar surface area (TPSA) is 40.5 Å². The van der Waals surface area contributed by atoms with Crippen LogP contribution in [-0.4, -0.2) is 53.2 Å². The fourth-order valence-corrected chi connectivity index (χ4v) is 5.46. The van der Waals surface area contributed by atoms with E-state index >= 15 is 0 Å². The molecule has 1 N–H and O–H groups in total. The molecule has 5 nitrogen and oxygen atoms in total. The van der Waals surface area contributed by atoms with Crippen molar-refractivity contribution >= 4 is 16.9 Å². The number of benzene rings is 1. The first-order valence-electron chi connectivity index (χ1n) is 10.9. The zero-order chi connectivity index (χ0) is 20.0. The molecule has 1 aromatic heterocycles. The monoisotopic (exact) mass is 382 g/mol. The van der Waals surface area contributed by atoms with Crippen molar-refractivity contribution in [2.75, 3.05) is 32.1 Å². The lowest BCUT2D eigenvalue weighted by Gasteiger charge is -2.42. The number of carbonyl (C=O) groups is 1. The van der Waals surface area contributed by atoms with E-state index in [-0.39, 0.29) is 6.03 Å². The third-order valence-electron chi connectivity index (χ3n) is 7.10. The number of amides is 2. The summed E-state index contributed by atoms with van der Waals surface area (Å²) in [6.07, 6.45) is 4.58. The number of hydrogen-bond acceptors (Lipinski definition) is 2. The van der Waals surface area contributed by atoms with E-state index in [1.165, 1.54) is 52.7 Å². The highest BCUT2D eigenvalue weighted by Gasteiger charge is 2.38. The largest absolute Gasteiger partial charge is 0.336 e. The number of carbonyl (C=O) groups excluding carboxylic acids is 1. The minimum absolute atomic E-state index is 0.0159. The molecular formula is C23H34N4O. The molecule has 0 bridgehead atoms. The lowest BCUT2D eigenvalue weighted by Crippen LogP contribution is -2.44. The summed E-state index contributed by atoms with van der Waals surface area (Å²) in [5.41, 5.74) is 9.87. The molecule has 5 heteroatoms. The summed E-state index contributed by atoms with van der Waals surface area (Å²) in [5, 5.41) is 1.41. The summed E-state index contributed by atoms with van der Waals surface area (Å²) in [6, 6.07) is 5.22. The number of aromatic nitrogens is 1. The van der Waals surface area contributed by atoms with E-state index in [1.807, 2.05) is 18.7 Å². The molecule has 0 spiro atoms. The van der Waals surface area contributed by atoms with E-state index in [4.69, 9.17) is 0 Å². The third kappa shape index (κ3) is 2.83. The van der Waals surface area contributed by atoms with Crippen molar-refractivity contribution in [2.45, 2.75) is 65.3 Å². The molecule has 1 fully saturated rings. The standard InChI is InChI=1S/C23H34N4O/c1-6-16-11-12-18-17-10-9-13-25(5)20(17)14-19-15(4)27(22(16)21(18)19)24-23(28)26(7-2)8-3/h11-12,17,20H,6-10,13-14H2,1-5H3,(H,24,28)/t17-,20-/m1/s1. The Morgan fingerprint density at radius 2 is 2.00 bits per heavy atom. The van der Waals surface area contributed by atoms with Gasteiger partial charge in [-0.2, -0.15) is 0 Å². The van der Waals surface area contributed by atoms with Crippen LogP contribution in [0.25, 0.3) is 10.9 Å². The van der Waals surface area contributed by atoms with Gasteiger partial charge in [-0.1, -0.05) is 19.1 Å². The zero-order valence-corrected chi connectivity index (χ0v) is 18.0. The molecule has 4 rings (SSSR count). The van der Waals surface area contributed by atoms with Gasteiger partial charge >= 0.3 is 6.03 Å². The molecule has 0 saturated carbocycles. The fraction of sp³-hybridized carbons (Fsp3) is 0.609. The van der Waals surface area contributed by atoms with Gasteiger partial charge < -0.3 is 9.80 Å². The Balaban J connectivity index is 1.88. The average Bonchev–Trinajstić information content (AvgIpc) is 2.97. The smallest absolute Gasteiger partial charge is 0.324 e. The second-order valence-corrected chi connectivity index (χ2v) is 8.38. The Labute approximate surface area is 168 Å². The van der Waals surface area contributed by atoms with Crippen LogP contribution in [0, 0.1) is 6.92 Å². The van der Waals surface area contributed by atoms with Crippen LogP contribution >= 0.6 is 0 Å². The number of urea groups is 1. The molecule has 2 heterocycles. The van der Waals surface area contributed by atoms with Crippen LogP contribution in [0.15, 0.2) is 12.1 Å². The molecule has 1 aromatic carbocycles. The van der Waals surface area contributed by atoms with E-state index in [1.54, 1.807) is 0 Å². The van der Waals surface area contributed by atoms with Crippen LogP contribution in [0.4, 0.5) is 4.79 Å². The highest BCUT2D eigenvalue weighted by atomic mass is 16.2. The van der Waals surface area contributed by atoms with Gasteiger partial charge in [0.25, 0.3) is 0 Å². The van der Waals surface area contributed by atoms with Crippen LogP contribution in [0.5, 0.6) is 0 Å². The zero-order valence-electron chi connectivity index (χ0n) is 18.0. The minimum atomic E-state index is -0.0159. The number of nitrogens with one attached hydrogen (secondary N) is 1. The first kappa shape index (κ1) is 19.3. The van der Waals surface area contributed by atoms with Crippen molar-refractivity contribution in [3.8, 4) is 0 Å². The van der Waals surface area contributed by atoms with Crippen LogP contribution in [0.1, 0.15) is 61.9 Å². The molecule has 0 unspecified atom stereocenters. The van der Waals surface area contributed by atoms with Gasteiger partial charge in [0.2, 0.25) is 0 Å². The fourth-order valence-electron chi connectivity index (χ4n) is 5.46. The third-order valence-corrected chi connectivity index (χ3v) is 7.10. The normalized spacial score (nSPS) is 21.6. The second-order valence-electron chi connectivity index (χ2n) is 8.38. The highest BCUT2D eigenvalue weighted by molar-refractivity contribution is 5.95. The molecular weight excluding hydrogens is 348 g/mol. The Morgan fingerprint density at radius 1 is 1.25 bits per heavy atom. The second kappa shape index (κ2) is 7.43. The van der Waals surface area contributed by atoms with Gasteiger partial charge in [-0.05, 0) is 76.7 Å². The molecule has 2 amide bonds. The Hall–Kier alpha value is -2.01. The maximum atomic E-state index is 12.9. The van der Waals surface area contributed by atoms with Crippen molar-refractivity contribution in [1.29, 1.82) is 0 Å². The van der Waals surface area contributed by atoms with Crippen molar-refractivity contribution in [3.63, 3.8) is 0 Å². The first-order chi connectivity index (χ1) is 13.5. The van der Waals surface area contributed by atoms with Crippen molar-refractivity contribution in [1.82, 2.24) is 14.5 Å².